The van der Waals surface area contributed by atoms with E-state index in [9.17, 15) is 5.11 Å². The van der Waals surface area contributed by atoms with Gasteiger partial charge in [-0.05, 0) is 62.4 Å². The fourth-order valence-electron chi connectivity index (χ4n) is 5.37. The van der Waals surface area contributed by atoms with Crippen molar-refractivity contribution in [1.82, 2.24) is 9.80 Å². The molecule has 34 heavy (non-hydrogen) atoms. The minimum Gasteiger partial charge on any atom is -0.507 e. The normalized spacial score (nSPS) is 20.9. The highest BCUT2D eigenvalue weighted by Crippen LogP contribution is 2.51. The lowest BCUT2D eigenvalue weighted by atomic mass is 9.92. The molecule has 186 valence electrons. The third-order valence-corrected chi connectivity index (χ3v) is 8.97. The molecule has 0 aliphatic carbocycles. The fourth-order valence-corrected chi connectivity index (χ4v) is 6.98. The number of phenolic OH excluding ortho intramolecular Hbond substituents is 1. The summed E-state index contributed by atoms with van der Waals surface area (Å²) >= 11 is 2.00. The number of hydrogen-bond donors (Lipinski definition) is 1. The zero-order valence-corrected chi connectivity index (χ0v) is 22.4. The van der Waals surface area contributed by atoms with Gasteiger partial charge in [-0.1, -0.05) is 6.07 Å². The predicted molar refractivity (Wildman–Crippen MR) is 138 cm³/mol. The van der Waals surface area contributed by atoms with Crippen molar-refractivity contribution in [3.63, 3.8) is 0 Å². The zero-order valence-electron chi connectivity index (χ0n) is 21.6. The molecular formula is C27H38N2O4S. The van der Waals surface area contributed by atoms with Crippen LogP contribution in [0.1, 0.15) is 34.7 Å². The lowest BCUT2D eigenvalue weighted by Gasteiger charge is -2.38. The number of hydrogen-bond acceptors (Lipinski definition) is 7. The van der Waals surface area contributed by atoms with Crippen molar-refractivity contribution in [3.05, 3.63) is 39.9 Å². The molecule has 1 fully saturated rings. The van der Waals surface area contributed by atoms with Crippen LogP contribution in [0.25, 0.3) is 0 Å². The van der Waals surface area contributed by atoms with Crippen LogP contribution in [0.4, 0.5) is 0 Å². The maximum Gasteiger partial charge on any atom is 0.203 e. The summed E-state index contributed by atoms with van der Waals surface area (Å²) in [5, 5.41) is 10.5. The lowest BCUT2D eigenvalue weighted by molar-refractivity contribution is 0.119. The number of piperazine rings is 1. The van der Waals surface area contributed by atoms with Crippen molar-refractivity contribution in [1.29, 1.82) is 0 Å². The van der Waals surface area contributed by atoms with Crippen molar-refractivity contribution in [3.8, 4) is 23.0 Å². The van der Waals surface area contributed by atoms with Gasteiger partial charge in [0.1, 0.15) is 5.75 Å². The number of nitrogens with zero attached hydrogens (tertiary/aromatic N) is 2. The second-order valence-corrected chi connectivity index (χ2v) is 11.4. The monoisotopic (exact) mass is 486 g/mol. The lowest BCUT2D eigenvalue weighted by Crippen LogP contribution is -2.50. The van der Waals surface area contributed by atoms with Gasteiger partial charge in [0.15, 0.2) is 11.5 Å². The molecule has 2 aromatic carbocycles. The zero-order chi connectivity index (χ0) is 24.6. The number of fused-ring (bicyclic) bond motifs is 1. The second kappa shape index (κ2) is 9.88. The van der Waals surface area contributed by atoms with Gasteiger partial charge in [-0.2, -0.15) is 0 Å². The van der Waals surface area contributed by atoms with Crippen LogP contribution in [0.5, 0.6) is 23.0 Å². The van der Waals surface area contributed by atoms with Crippen molar-refractivity contribution in [2.75, 3.05) is 54.1 Å². The summed E-state index contributed by atoms with van der Waals surface area (Å²) in [6.07, 6.45) is 1.01. The van der Waals surface area contributed by atoms with E-state index in [1.54, 1.807) is 21.3 Å². The molecule has 0 spiro atoms. The molecule has 0 aromatic heterocycles. The molecule has 2 heterocycles. The van der Waals surface area contributed by atoms with E-state index in [1.807, 2.05) is 24.8 Å². The molecule has 0 radical (unpaired) electrons. The van der Waals surface area contributed by atoms with Crippen molar-refractivity contribution in [2.45, 2.75) is 50.3 Å². The number of benzene rings is 2. The summed E-state index contributed by atoms with van der Waals surface area (Å²) in [7, 11) is 4.97. The van der Waals surface area contributed by atoms with E-state index in [0.717, 1.165) is 68.1 Å². The third kappa shape index (κ3) is 4.58. The summed E-state index contributed by atoms with van der Waals surface area (Å²) in [4.78, 5) is 6.46. The Hall–Kier alpha value is -2.09. The van der Waals surface area contributed by atoms with E-state index in [0.29, 0.717) is 17.2 Å². The van der Waals surface area contributed by atoms with Gasteiger partial charge in [0, 0.05) is 54.5 Å². The minimum absolute atomic E-state index is 0.132. The van der Waals surface area contributed by atoms with Crippen LogP contribution in [-0.2, 0) is 13.0 Å². The van der Waals surface area contributed by atoms with Gasteiger partial charge in [-0.15, -0.1) is 11.8 Å². The fraction of sp³-hybridized carbons (Fsp3) is 0.556. The molecule has 0 amide bonds. The van der Waals surface area contributed by atoms with Gasteiger partial charge in [0.2, 0.25) is 5.75 Å². The van der Waals surface area contributed by atoms with Crippen molar-refractivity contribution < 1.29 is 19.3 Å². The molecular weight excluding hydrogens is 448 g/mol. The van der Waals surface area contributed by atoms with E-state index in [4.69, 9.17) is 14.2 Å². The van der Waals surface area contributed by atoms with Gasteiger partial charge in [-0.25, -0.2) is 0 Å². The van der Waals surface area contributed by atoms with E-state index in [2.05, 4.69) is 36.6 Å². The van der Waals surface area contributed by atoms with Crippen LogP contribution in [-0.4, -0.2) is 73.7 Å². The van der Waals surface area contributed by atoms with Crippen LogP contribution >= 0.6 is 11.8 Å². The maximum atomic E-state index is 10.5. The third-order valence-electron chi connectivity index (χ3n) is 7.44. The average Bonchev–Trinajstić information content (AvgIpc) is 3.19. The number of thioether (sulfide) groups is 1. The van der Waals surface area contributed by atoms with Gasteiger partial charge < -0.3 is 19.3 Å². The molecule has 1 atom stereocenters. The van der Waals surface area contributed by atoms with E-state index in [-0.39, 0.29) is 4.75 Å². The maximum absolute atomic E-state index is 10.5. The van der Waals surface area contributed by atoms with Crippen molar-refractivity contribution in [2.24, 2.45) is 0 Å². The Bertz CT molecular complexity index is 1030. The summed E-state index contributed by atoms with van der Waals surface area (Å²) < 4.78 is 16.8. The Morgan fingerprint density at radius 1 is 0.882 bits per heavy atom. The largest absolute Gasteiger partial charge is 0.507 e. The first-order valence-electron chi connectivity index (χ1n) is 11.9. The van der Waals surface area contributed by atoms with E-state index >= 15 is 0 Å². The van der Waals surface area contributed by atoms with E-state index in [1.165, 1.54) is 16.0 Å². The van der Waals surface area contributed by atoms with Crippen LogP contribution in [0.3, 0.4) is 0 Å². The molecule has 4 rings (SSSR count). The van der Waals surface area contributed by atoms with Crippen LogP contribution in [0.15, 0.2) is 17.0 Å². The van der Waals surface area contributed by atoms with E-state index < -0.39 is 0 Å². The average molecular weight is 487 g/mol. The van der Waals surface area contributed by atoms with Gasteiger partial charge >= 0.3 is 0 Å². The van der Waals surface area contributed by atoms with Gasteiger partial charge in [0.25, 0.3) is 0 Å². The van der Waals surface area contributed by atoms with Crippen LogP contribution in [0.2, 0.25) is 0 Å². The summed E-state index contributed by atoms with van der Waals surface area (Å²) in [5.41, 5.74) is 5.77. The molecule has 2 aliphatic heterocycles. The first-order chi connectivity index (χ1) is 16.2. The Kier molecular flexibility index (Phi) is 7.27. The van der Waals surface area contributed by atoms with Crippen LogP contribution < -0.4 is 14.2 Å². The number of aromatic hydroxyl groups is 1. The quantitative estimate of drug-likeness (QED) is 0.615. The Labute approximate surface area is 208 Å². The predicted octanol–water partition coefficient (Wildman–Crippen LogP) is 4.57. The smallest absolute Gasteiger partial charge is 0.203 e. The number of ether oxygens (including phenoxy) is 3. The molecule has 2 aromatic rings. The molecule has 0 saturated carbocycles. The molecule has 6 nitrogen and oxygen atoms in total. The second-order valence-electron chi connectivity index (χ2n) is 9.81. The molecule has 1 saturated heterocycles. The molecule has 0 bridgehead atoms. The topological polar surface area (TPSA) is 54.4 Å². The van der Waals surface area contributed by atoms with Gasteiger partial charge in [-0.3, -0.25) is 9.80 Å². The molecule has 1 N–H and O–H groups in total. The van der Waals surface area contributed by atoms with Crippen LogP contribution in [0, 0.1) is 20.8 Å². The molecule has 7 heteroatoms. The Balaban J connectivity index is 1.39. The summed E-state index contributed by atoms with van der Waals surface area (Å²) in [5.74, 6) is 2.56. The molecule has 1 unspecified atom stereocenters. The first kappa shape index (κ1) is 25.0. The SMILES string of the molecule is COc1ccc(CN2CCN(CC3(C)Cc4c(C)c(O)c(C)c(C)c4S3)CC2)c(OC)c1OC. The highest BCUT2D eigenvalue weighted by atomic mass is 32.2. The van der Waals surface area contributed by atoms with Crippen molar-refractivity contribution >= 4 is 11.8 Å². The van der Waals surface area contributed by atoms with Gasteiger partial charge in [0.05, 0.1) is 21.3 Å². The standard InChI is InChI=1S/C27H38N2O4S/c1-17-18(2)26-21(19(3)23(17)30)14-27(4,34-26)16-29-12-10-28(11-13-29)15-20-8-9-22(31-5)25(33-7)24(20)32-6/h8-9,30H,10-16H2,1-7H3. The first-order valence-corrected chi connectivity index (χ1v) is 12.8. The number of methoxy groups -OCH3 is 3. The minimum atomic E-state index is 0.132. The Morgan fingerprint density at radius 2 is 1.53 bits per heavy atom. The number of rotatable bonds is 7. The summed E-state index contributed by atoms with van der Waals surface area (Å²) in [6, 6.07) is 4.02. The summed E-state index contributed by atoms with van der Waals surface area (Å²) in [6.45, 7) is 14.6. The number of phenols is 1. The Morgan fingerprint density at radius 3 is 2.15 bits per heavy atom. The highest BCUT2D eigenvalue weighted by Gasteiger charge is 2.39. The molecule has 2 aliphatic rings. The highest BCUT2D eigenvalue weighted by molar-refractivity contribution is 8.01.